The van der Waals surface area contributed by atoms with E-state index in [1.807, 2.05) is 31.2 Å². The second-order valence-electron chi connectivity index (χ2n) is 9.79. The first kappa shape index (κ1) is 26.2. The van der Waals surface area contributed by atoms with E-state index in [2.05, 4.69) is 21.8 Å². The summed E-state index contributed by atoms with van der Waals surface area (Å²) in [6, 6.07) is 9.63. The summed E-state index contributed by atoms with van der Waals surface area (Å²) in [4.78, 5) is 53.9. The molecule has 2 aromatic heterocycles. The van der Waals surface area contributed by atoms with E-state index in [4.69, 9.17) is 4.74 Å². The van der Waals surface area contributed by atoms with E-state index in [-0.39, 0.29) is 30.0 Å². The average Bonchev–Trinajstić information content (AvgIpc) is 3.18. The number of rotatable bonds is 7. The first-order valence-electron chi connectivity index (χ1n) is 12.6. The number of likely N-dealkylation sites (tertiary alicyclic amines) is 1. The topological polar surface area (TPSA) is 114 Å². The second-order valence-corrected chi connectivity index (χ2v) is 9.79. The maximum atomic E-state index is 13.5. The van der Waals surface area contributed by atoms with Crippen molar-refractivity contribution in [1.29, 1.82) is 0 Å². The lowest BCUT2D eigenvalue weighted by Crippen LogP contribution is -2.42. The molecule has 3 heterocycles. The summed E-state index contributed by atoms with van der Waals surface area (Å²) >= 11 is 0. The van der Waals surface area contributed by atoms with Crippen LogP contribution < -0.4 is 15.6 Å². The van der Waals surface area contributed by atoms with Crippen molar-refractivity contribution in [3.8, 4) is 5.75 Å². The lowest BCUT2D eigenvalue weighted by atomic mass is 9.89. The van der Waals surface area contributed by atoms with Crippen LogP contribution in [0.15, 0.2) is 35.1 Å². The molecule has 1 saturated heterocycles. The molecule has 2 N–H and O–H groups in total. The Morgan fingerprint density at radius 3 is 2.49 bits per heavy atom. The van der Waals surface area contributed by atoms with E-state index in [9.17, 15) is 19.2 Å². The standard InChI is InChI=1S/C28H34N4O5/c1-16-14-24(37-5)22(26(34)30-16)15-29-27(35)25-18(3)32(23-9-7-6-8-21(23)25)17(2)20-10-12-31(13-11-20)28(36)19(4)33/h6-9,14,17,20H,10-13,15H2,1-5H3,(H,29,35)(H,30,34)/t17-/m1/s1. The minimum atomic E-state index is -0.431. The van der Waals surface area contributed by atoms with Crippen molar-refractivity contribution in [3.63, 3.8) is 0 Å². The number of nitrogens with zero attached hydrogens (tertiary/aromatic N) is 2. The highest BCUT2D eigenvalue weighted by Gasteiger charge is 2.31. The van der Waals surface area contributed by atoms with Crippen LogP contribution >= 0.6 is 0 Å². The van der Waals surface area contributed by atoms with Crippen LogP contribution in [0, 0.1) is 19.8 Å². The summed E-state index contributed by atoms with van der Waals surface area (Å²) in [5.41, 5.74) is 3.14. The van der Waals surface area contributed by atoms with E-state index in [1.165, 1.54) is 14.0 Å². The molecule has 0 saturated carbocycles. The van der Waals surface area contributed by atoms with Gasteiger partial charge in [0.05, 0.1) is 24.8 Å². The molecular formula is C28H34N4O5. The van der Waals surface area contributed by atoms with Crippen LogP contribution in [0.1, 0.15) is 60.0 Å². The van der Waals surface area contributed by atoms with Crippen molar-refractivity contribution >= 4 is 28.5 Å². The molecule has 9 heteroatoms. The number of piperidine rings is 1. The van der Waals surface area contributed by atoms with Gasteiger partial charge in [-0.15, -0.1) is 0 Å². The molecule has 1 aromatic carbocycles. The fraction of sp³-hybridized carbons (Fsp3) is 0.429. The molecule has 0 unspecified atom stereocenters. The van der Waals surface area contributed by atoms with Gasteiger partial charge in [0.25, 0.3) is 17.4 Å². The summed E-state index contributed by atoms with van der Waals surface area (Å²) < 4.78 is 7.56. The van der Waals surface area contributed by atoms with Crippen molar-refractivity contribution in [2.75, 3.05) is 20.2 Å². The van der Waals surface area contributed by atoms with E-state index in [0.717, 1.165) is 29.4 Å². The van der Waals surface area contributed by atoms with Crippen molar-refractivity contribution in [3.05, 3.63) is 63.2 Å². The number of carbonyl (C=O) groups excluding carboxylic acids is 3. The Labute approximate surface area is 215 Å². The zero-order valence-electron chi connectivity index (χ0n) is 22.0. The summed E-state index contributed by atoms with van der Waals surface area (Å²) in [7, 11) is 1.50. The zero-order chi connectivity index (χ0) is 26.9. The normalized spacial score (nSPS) is 15.0. The number of ether oxygens (including phenoxy) is 1. The van der Waals surface area contributed by atoms with E-state index in [1.54, 1.807) is 17.9 Å². The van der Waals surface area contributed by atoms with Gasteiger partial charge in [-0.3, -0.25) is 19.2 Å². The lowest BCUT2D eigenvalue weighted by Gasteiger charge is -2.35. The maximum absolute atomic E-state index is 13.5. The minimum Gasteiger partial charge on any atom is -0.496 e. The van der Waals surface area contributed by atoms with Crippen LogP contribution in [0.5, 0.6) is 5.75 Å². The number of H-pyrrole nitrogens is 1. The number of aromatic nitrogens is 2. The van der Waals surface area contributed by atoms with Gasteiger partial charge in [0.15, 0.2) is 0 Å². The predicted octanol–water partition coefficient (Wildman–Crippen LogP) is 3.27. The highest BCUT2D eigenvalue weighted by molar-refractivity contribution is 6.35. The minimum absolute atomic E-state index is 0.0365. The van der Waals surface area contributed by atoms with Crippen LogP contribution in [-0.4, -0.2) is 52.2 Å². The van der Waals surface area contributed by atoms with E-state index >= 15 is 0 Å². The quantitative estimate of drug-likeness (QED) is 0.478. The predicted molar refractivity (Wildman–Crippen MR) is 141 cm³/mol. The Bertz CT molecular complexity index is 1410. The number of ketones is 1. The number of aromatic amines is 1. The van der Waals surface area contributed by atoms with Gasteiger partial charge in [0, 0.05) is 48.3 Å². The Hall–Kier alpha value is -3.88. The third kappa shape index (κ3) is 5.03. The van der Waals surface area contributed by atoms with Crippen LogP contribution in [0.25, 0.3) is 10.9 Å². The first-order valence-corrected chi connectivity index (χ1v) is 12.6. The average molecular weight is 507 g/mol. The van der Waals surface area contributed by atoms with Crippen molar-refractivity contribution in [2.45, 2.75) is 53.1 Å². The van der Waals surface area contributed by atoms with E-state index in [0.29, 0.717) is 35.7 Å². The smallest absolute Gasteiger partial charge is 0.289 e. The number of hydrogen-bond acceptors (Lipinski definition) is 5. The van der Waals surface area contributed by atoms with Gasteiger partial charge in [-0.25, -0.2) is 0 Å². The first-order chi connectivity index (χ1) is 17.6. The molecule has 1 aliphatic rings. The number of benzene rings is 1. The molecule has 1 fully saturated rings. The Balaban J connectivity index is 1.60. The molecule has 0 radical (unpaired) electrons. The van der Waals surface area contributed by atoms with Gasteiger partial charge in [-0.05, 0) is 51.7 Å². The summed E-state index contributed by atoms with van der Waals surface area (Å²) in [5, 5.41) is 3.76. The molecule has 37 heavy (non-hydrogen) atoms. The fourth-order valence-corrected chi connectivity index (χ4v) is 5.51. The number of carbonyl (C=O) groups is 3. The van der Waals surface area contributed by atoms with Gasteiger partial charge < -0.3 is 24.5 Å². The monoisotopic (exact) mass is 506 g/mol. The largest absolute Gasteiger partial charge is 0.496 e. The number of para-hydroxylation sites is 1. The van der Waals surface area contributed by atoms with Crippen LogP contribution in [0.3, 0.4) is 0 Å². The molecule has 3 aromatic rings. The molecule has 0 aliphatic carbocycles. The number of nitrogens with one attached hydrogen (secondary N) is 2. The summed E-state index contributed by atoms with van der Waals surface area (Å²) in [6.07, 6.45) is 1.56. The summed E-state index contributed by atoms with van der Waals surface area (Å²) in [5.74, 6) is -0.388. The summed E-state index contributed by atoms with van der Waals surface area (Å²) in [6.45, 7) is 8.30. The Kier molecular flexibility index (Phi) is 7.52. The molecular weight excluding hydrogens is 472 g/mol. The van der Waals surface area contributed by atoms with Crippen LogP contribution in [0.4, 0.5) is 0 Å². The van der Waals surface area contributed by atoms with Crippen LogP contribution in [-0.2, 0) is 16.1 Å². The molecule has 0 spiro atoms. The molecule has 2 amide bonds. The van der Waals surface area contributed by atoms with Gasteiger partial charge in [0.1, 0.15) is 5.75 Å². The third-order valence-corrected chi connectivity index (χ3v) is 7.48. The number of Topliss-reactive ketones (excluding diaryl/α,β-unsaturated/α-hetero) is 1. The number of fused-ring (bicyclic) bond motifs is 1. The van der Waals surface area contributed by atoms with E-state index < -0.39 is 11.7 Å². The highest BCUT2D eigenvalue weighted by Crippen LogP contribution is 2.35. The van der Waals surface area contributed by atoms with Crippen molar-refractivity contribution in [1.82, 2.24) is 19.8 Å². The van der Waals surface area contributed by atoms with Crippen LogP contribution in [0.2, 0.25) is 0 Å². The number of aryl methyl sites for hydroxylation is 1. The van der Waals surface area contributed by atoms with Gasteiger partial charge in [-0.2, -0.15) is 0 Å². The number of amides is 2. The third-order valence-electron chi connectivity index (χ3n) is 7.48. The molecule has 196 valence electrons. The maximum Gasteiger partial charge on any atom is 0.289 e. The number of hydrogen-bond donors (Lipinski definition) is 2. The molecule has 1 aliphatic heterocycles. The molecule has 0 bridgehead atoms. The zero-order valence-corrected chi connectivity index (χ0v) is 22.0. The highest BCUT2D eigenvalue weighted by atomic mass is 16.5. The van der Waals surface area contributed by atoms with Gasteiger partial charge in [0.2, 0.25) is 5.78 Å². The van der Waals surface area contributed by atoms with Crippen molar-refractivity contribution in [2.24, 2.45) is 5.92 Å². The molecule has 9 nitrogen and oxygen atoms in total. The Morgan fingerprint density at radius 2 is 1.84 bits per heavy atom. The van der Waals surface area contributed by atoms with Gasteiger partial charge >= 0.3 is 0 Å². The fourth-order valence-electron chi connectivity index (χ4n) is 5.51. The SMILES string of the molecule is COc1cc(C)[nH]c(=O)c1CNC(=O)c1c(C)n([C@H](C)C2CCN(C(=O)C(C)=O)CC2)c2ccccc12. The van der Waals surface area contributed by atoms with Crippen molar-refractivity contribution < 1.29 is 19.1 Å². The van der Waals surface area contributed by atoms with Gasteiger partial charge in [-0.1, -0.05) is 18.2 Å². The molecule has 4 rings (SSSR count). The second kappa shape index (κ2) is 10.6. The molecule has 1 atom stereocenters. The lowest BCUT2D eigenvalue weighted by molar-refractivity contribution is -0.144. The number of methoxy groups -OCH3 is 1. The Morgan fingerprint density at radius 1 is 1.16 bits per heavy atom. The number of pyridine rings is 1.